The van der Waals surface area contributed by atoms with E-state index in [0.717, 1.165) is 16.6 Å². The Labute approximate surface area is 99.2 Å². The Bertz CT molecular complexity index is 584. The summed E-state index contributed by atoms with van der Waals surface area (Å²) in [5.41, 5.74) is 2.15. The number of carbonyl (C=O) groups is 1. The highest BCUT2D eigenvalue weighted by molar-refractivity contribution is 5.95. The van der Waals surface area contributed by atoms with E-state index in [9.17, 15) is 4.79 Å². The molecule has 0 bridgehead atoms. The van der Waals surface area contributed by atoms with Crippen LogP contribution >= 0.6 is 0 Å². The average Bonchev–Trinajstić information content (AvgIpc) is 2.68. The smallest absolute Gasteiger partial charge is 0.352 e. The number of hydrogen-bond donors (Lipinski definition) is 2. The Morgan fingerprint density at radius 2 is 2.29 bits per heavy atom. The lowest BCUT2D eigenvalue weighted by Crippen LogP contribution is -2.06. The molecular weight excluding hydrogens is 216 g/mol. The molecule has 1 aromatic heterocycles. The number of carboxylic acid groups (broad SMARTS) is 1. The Balaban J connectivity index is 2.69. The fourth-order valence-electron chi connectivity index (χ4n) is 1.93. The van der Waals surface area contributed by atoms with E-state index in [2.05, 4.69) is 11.9 Å². The number of fused-ring (bicyclic) bond motifs is 1. The molecule has 0 saturated heterocycles. The van der Waals surface area contributed by atoms with Gasteiger partial charge in [0.25, 0.3) is 0 Å². The third-order valence-corrected chi connectivity index (χ3v) is 2.72. The summed E-state index contributed by atoms with van der Waals surface area (Å²) in [5, 5.41) is 13.1. The summed E-state index contributed by atoms with van der Waals surface area (Å²) >= 11 is 0. The summed E-state index contributed by atoms with van der Waals surface area (Å²) in [6, 6.07) is 7.45. The number of nitrogens with one attached hydrogen (secondary N) is 1. The summed E-state index contributed by atoms with van der Waals surface area (Å²) in [5.74, 6) is -0.922. The molecule has 0 atom stereocenters. The van der Waals surface area contributed by atoms with E-state index in [0.29, 0.717) is 6.54 Å². The van der Waals surface area contributed by atoms with Crippen molar-refractivity contribution >= 4 is 22.6 Å². The SMILES string of the molecule is C=CCn1c(C(=O)O)cc2cc(NC)ccc21. The Hall–Kier alpha value is -2.23. The van der Waals surface area contributed by atoms with Crippen molar-refractivity contribution in [2.75, 3.05) is 12.4 Å². The van der Waals surface area contributed by atoms with Crippen LogP contribution in [-0.2, 0) is 6.54 Å². The van der Waals surface area contributed by atoms with Gasteiger partial charge in [-0.15, -0.1) is 6.58 Å². The van der Waals surface area contributed by atoms with Crippen LogP contribution in [0.4, 0.5) is 5.69 Å². The van der Waals surface area contributed by atoms with E-state index in [1.807, 2.05) is 25.2 Å². The van der Waals surface area contributed by atoms with Crippen LogP contribution in [0.15, 0.2) is 36.9 Å². The number of nitrogens with zero attached hydrogens (tertiary/aromatic N) is 1. The monoisotopic (exact) mass is 230 g/mol. The van der Waals surface area contributed by atoms with Gasteiger partial charge in [0, 0.05) is 30.2 Å². The zero-order chi connectivity index (χ0) is 12.4. The minimum absolute atomic E-state index is 0.285. The fraction of sp³-hybridized carbons (Fsp3) is 0.154. The normalized spacial score (nSPS) is 10.4. The van der Waals surface area contributed by atoms with Gasteiger partial charge < -0.3 is 15.0 Å². The molecule has 1 aromatic carbocycles. The minimum Gasteiger partial charge on any atom is -0.477 e. The average molecular weight is 230 g/mol. The molecule has 0 spiro atoms. The number of benzene rings is 1. The van der Waals surface area contributed by atoms with Crippen LogP contribution in [0.3, 0.4) is 0 Å². The van der Waals surface area contributed by atoms with Gasteiger partial charge in [0.1, 0.15) is 5.69 Å². The van der Waals surface area contributed by atoms with Crippen LogP contribution in [0, 0.1) is 0 Å². The first-order valence-electron chi connectivity index (χ1n) is 5.32. The number of hydrogen-bond acceptors (Lipinski definition) is 2. The van der Waals surface area contributed by atoms with Crippen LogP contribution in [0.25, 0.3) is 10.9 Å². The zero-order valence-corrected chi connectivity index (χ0v) is 9.60. The second-order valence-corrected chi connectivity index (χ2v) is 3.76. The first kappa shape index (κ1) is 11.3. The van der Waals surface area contributed by atoms with Gasteiger partial charge in [0.15, 0.2) is 0 Å². The fourth-order valence-corrected chi connectivity index (χ4v) is 1.93. The first-order chi connectivity index (χ1) is 8.17. The number of rotatable bonds is 4. The van der Waals surface area contributed by atoms with E-state index >= 15 is 0 Å². The van der Waals surface area contributed by atoms with Gasteiger partial charge in [0.05, 0.1) is 0 Å². The largest absolute Gasteiger partial charge is 0.477 e. The summed E-state index contributed by atoms with van der Waals surface area (Å²) in [6.45, 7) is 4.14. The summed E-state index contributed by atoms with van der Waals surface area (Å²) in [4.78, 5) is 11.1. The molecule has 2 aromatic rings. The molecular formula is C13H14N2O2. The van der Waals surface area contributed by atoms with Crippen molar-refractivity contribution in [3.63, 3.8) is 0 Å². The maximum Gasteiger partial charge on any atom is 0.352 e. The molecule has 0 aliphatic heterocycles. The van der Waals surface area contributed by atoms with E-state index in [1.165, 1.54) is 0 Å². The summed E-state index contributed by atoms with van der Waals surface area (Å²) < 4.78 is 1.74. The highest BCUT2D eigenvalue weighted by atomic mass is 16.4. The topological polar surface area (TPSA) is 54.3 Å². The van der Waals surface area contributed by atoms with Gasteiger partial charge >= 0.3 is 5.97 Å². The van der Waals surface area contributed by atoms with Crippen molar-refractivity contribution in [1.82, 2.24) is 4.57 Å². The lowest BCUT2D eigenvalue weighted by atomic mass is 10.2. The second-order valence-electron chi connectivity index (χ2n) is 3.76. The second kappa shape index (κ2) is 4.33. The maximum absolute atomic E-state index is 11.1. The van der Waals surface area contributed by atoms with Crippen molar-refractivity contribution in [3.05, 3.63) is 42.6 Å². The standard InChI is InChI=1S/C13H14N2O2/c1-3-6-15-11-5-4-10(14-2)7-9(11)8-12(15)13(16)17/h3-5,7-8,14H,1,6H2,2H3,(H,16,17). The number of carboxylic acids is 1. The van der Waals surface area contributed by atoms with Gasteiger partial charge in [-0.05, 0) is 24.3 Å². The number of anilines is 1. The molecule has 0 saturated carbocycles. The summed E-state index contributed by atoms with van der Waals surface area (Å²) in [6.07, 6.45) is 1.69. The Morgan fingerprint density at radius 3 is 2.88 bits per heavy atom. The number of aromatic nitrogens is 1. The van der Waals surface area contributed by atoms with E-state index < -0.39 is 5.97 Å². The predicted octanol–water partition coefficient (Wildman–Crippen LogP) is 2.57. The number of aromatic carboxylic acids is 1. The molecule has 0 fully saturated rings. The van der Waals surface area contributed by atoms with Gasteiger partial charge in [-0.3, -0.25) is 0 Å². The van der Waals surface area contributed by atoms with Crippen molar-refractivity contribution in [2.24, 2.45) is 0 Å². The van der Waals surface area contributed by atoms with Gasteiger partial charge in [0.2, 0.25) is 0 Å². The van der Waals surface area contributed by atoms with Gasteiger partial charge in [-0.1, -0.05) is 6.08 Å². The molecule has 4 nitrogen and oxygen atoms in total. The molecule has 2 N–H and O–H groups in total. The summed E-state index contributed by atoms with van der Waals surface area (Å²) in [7, 11) is 1.83. The van der Waals surface area contributed by atoms with Gasteiger partial charge in [-0.25, -0.2) is 4.79 Å². The van der Waals surface area contributed by atoms with Crippen molar-refractivity contribution in [2.45, 2.75) is 6.54 Å². The molecule has 0 unspecified atom stereocenters. The lowest BCUT2D eigenvalue weighted by molar-refractivity contribution is 0.0686. The van der Waals surface area contributed by atoms with Gasteiger partial charge in [-0.2, -0.15) is 0 Å². The van der Waals surface area contributed by atoms with Crippen LogP contribution in [0.2, 0.25) is 0 Å². The Morgan fingerprint density at radius 1 is 1.53 bits per heavy atom. The first-order valence-corrected chi connectivity index (χ1v) is 5.32. The molecule has 2 rings (SSSR count). The molecule has 0 aliphatic rings. The van der Waals surface area contributed by atoms with Crippen molar-refractivity contribution in [1.29, 1.82) is 0 Å². The van der Waals surface area contributed by atoms with E-state index in [1.54, 1.807) is 16.7 Å². The van der Waals surface area contributed by atoms with Crippen LogP contribution in [-0.4, -0.2) is 22.7 Å². The van der Waals surface area contributed by atoms with Crippen LogP contribution < -0.4 is 5.32 Å². The minimum atomic E-state index is -0.922. The third-order valence-electron chi connectivity index (χ3n) is 2.72. The molecule has 0 amide bonds. The Kier molecular flexibility index (Phi) is 2.87. The maximum atomic E-state index is 11.1. The molecule has 17 heavy (non-hydrogen) atoms. The zero-order valence-electron chi connectivity index (χ0n) is 9.60. The third kappa shape index (κ3) is 1.89. The highest BCUT2D eigenvalue weighted by Gasteiger charge is 2.13. The lowest BCUT2D eigenvalue weighted by Gasteiger charge is -2.05. The molecule has 0 radical (unpaired) electrons. The van der Waals surface area contributed by atoms with Crippen molar-refractivity contribution in [3.8, 4) is 0 Å². The van der Waals surface area contributed by atoms with Crippen LogP contribution in [0.1, 0.15) is 10.5 Å². The quantitative estimate of drug-likeness (QED) is 0.794. The molecule has 1 heterocycles. The molecule has 88 valence electrons. The highest BCUT2D eigenvalue weighted by Crippen LogP contribution is 2.23. The molecule has 0 aliphatic carbocycles. The van der Waals surface area contributed by atoms with Crippen LogP contribution in [0.5, 0.6) is 0 Å². The molecule has 4 heteroatoms. The van der Waals surface area contributed by atoms with E-state index in [4.69, 9.17) is 5.11 Å². The van der Waals surface area contributed by atoms with E-state index in [-0.39, 0.29) is 5.69 Å². The van der Waals surface area contributed by atoms with Crippen molar-refractivity contribution < 1.29 is 9.90 Å². The number of allylic oxidation sites excluding steroid dienone is 1. The predicted molar refractivity (Wildman–Crippen MR) is 68.6 cm³/mol.